The normalized spacial score (nSPS) is 26.1. The van der Waals surface area contributed by atoms with Crippen molar-refractivity contribution in [3.63, 3.8) is 0 Å². The van der Waals surface area contributed by atoms with Crippen molar-refractivity contribution in [2.75, 3.05) is 12.9 Å². The van der Waals surface area contributed by atoms with E-state index in [0.29, 0.717) is 7.16 Å². The van der Waals surface area contributed by atoms with Crippen molar-refractivity contribution in [1.82, 2.24) is 5.32 Å². The first kappa shape index (κ1) is 20.6. The second-order valence-corrected chi connectivity index (χ2v) is 8.30. The molecule has 0 heterocycles. The molecule has 1 N–H and O–H groups in total. The van der Waals surface area contributed by atoms with Gasteiger partial charge in [-0.2, -0.15) is 0 Å². The Morgan fingerprint density at radius 1 is 1.29 bits per heavy atom. The molecule has 0 bridgehead atoms. The molecule has 1 aliphatic rings. The van der Waals surface area contributed by atoms with Crippen molar-refractivity contribution in [2.45, 2.75) is 9.46 Å². The van der Waals surface area contributed by atoms with Crippen LogP contribution in [-0.4, -0.2) is 38.7 Å². The summed E-state index contributed by atoms with van der Waals surface area (Å²) in [7, 11) is 1.53. The van der Waals surface area contributed by atoms with Crippen LogP contribution in [0.4, 0.5) is 0 Å². The average molecular weight is 688 g/mol. The van der Waals surface area contributed by atoms with Crippen LogP contribution in [0, 0.1) is 0 Å². The number of likely N-dealkylation sites (N-methyl/N-ethyl adjacent to an activating group) is 1. The Labute approximate surface area is 177 Å². The highest BCUT2D eigenvalue weighted by atomic mass is 127. The predicted molar refractivity (Wildman–Crippen MR) is 109 cm³/mol. The first-order valence-corrected chi connectivity index (χ1v) is 9.98. The molecule has 10 heteroatoms. The van der Waals surface area contributed by atoms with Crippen LogP contribution in [0.25, 0.3) is 0 Å². The number of carbonyl (C=O) groups is 3. The molecule has 0 aromatic carbocycles. The van der Waals surface area contributed by atoms with Gasteiger partial charge in [0.1, 0.15) is 5.54 Å². The van der Waals surface area contributed by atoms with Crippen LogP contribution >= 0.6 is 103 Å². The smallest absolute Gasteiger partial charge is 0.250 e. The fourth-order valence-corrected chi connectivity index (χ4v) is 8.94. The van der Waals surface area contributed by atoms with E-state index in [0.717, 1.165) is 0 Å². The van der Waals surface area contributed by atoms with E-state index in [1.165, 1.54) is 7.05 Å². The Hall–Kier alpha value is 1.51. The fourth-order valence-electron chi connectivity index (χ4n) is 1.89. The van der Waals surface area contributed by atoms with Crippen LogP contribution in [0.2, 0.25) is 0 Å². The molecule has 0 aromatic heterocycles. The van der Waals surface area contributed by atoms with Crippen molar-refractivity contribution in [3.05, 3.63) is 18.3 Å². The number of hydrogen-bond acceptors (Lipinski definition) is 4. The Balaban J connectivity index is 3.82. The van der Waals surface area contributed by atoms with Gasteiger partial charge in [0.2, 0.25) is 5.24 Å². The zero-order chi connectivity index (χ0) is 16.5. The van der Waals surface area contributed by atoms with Gasteiger partial charge >= 0.3 is 0 Å². The predicted octanol–water partition coefficient (Wildman–Crippen LogP) is 3.48. The van der Waals surface area contributed by atoms with E-state index in [4.69, 9.17) is 34.8 Å². The molecule has 4 nitrogen and oxygen atoms in total. The van der Waals surface area contributed by atoms with Gasteiger partial charge in [-0.05, 0) is 75.4 Å². The van der Waals surface area contributed by atoms with Gasteiger partial charge in [0, 0.05) is 18.3 Å². The third-order valence-electron chi connectivity index (χ3n) is 2.97. The van der Waals surface area contributed by atoms with E-state index in [2.05, 4.69) is 5.32 Å². The number of carbonyl (C=O) groups excluding carboxylic acids is 3. The molecule has 1 aliphatic carbocycles. The number of ketones is 1. The molecule has 116 valence electrons. The minimum atomic E-state index is -1.39. The number of halogens is 6. The zero-order valence-corrected chi connectivity index (χ0v) is 19.0. The average Bonchev–Trinajstić information content (AvgIpc) is 2.38. The quantitative estimate of drug-likeness (QED) is 0.273. The molecule has 2 atom stereocenters. The Morgan fingerprint density at radius 3 is 2.14 bits per heavy atom. The van der Waals surface area contributed by atoms with E-state index in [1.807, 2.05) is 67.8 Å². The molecule has 2 unspecified atom stereocenters. The van der Waals surface area contributed by atoms with Crippen LogP contribution in [0.3, 0.4) is 0 Å². The van der Waals surface area contributed by atoms with Crippen LogP contribution in [0.15, 0.2) is 18.3 Å². The summed E-state index contributed by atoms with van der Waals surface area (Å²) in [6, 6.07) is 0. The van der Waals surface area contributed by atoms with E-state index >= 15 is 0 Å². The summed E-state index contributed by atoms with van der Waals surface area (Å²) in [6.07, 6.45) is 0. The first-order chi connectivity index (χ1) is 9.66. The van der Waals surface area contributed by atoms with Gasteiger partial charge in [0.15, 0.2) is 5.78 Å². The second kappa shape index (κ2) is 8.06. The number of alkyl halides is 2. The summed E-state index contributed by atoms with van der Waals surface area (Å²) in [6.45, 7) is 0. The van der Waals surface area contributed by atoms with Crippen LogP contribution in [0.1, 0.15) is 0 Å². The van der Waals surface area contributed by atoms with Crippen molar-refractivity contribution in [3.8, 4) is 0 Å². The molecule has 0 saturated carbocycles. The summed E-state index contributed by atoms with van der Waals surface area (Å²) in [5.41, 5.74) is -1.03. The molecule has 1 rings (SSSR count). The minimum Gasteiger partial charge on any atom is -0.302 e. The van der Waals surface area contributed by atoms with Crippen LogP contribution in [0.5, 0.6) is 0 Å². The fraction of sp³-hybridized carbons (Fsp3) is 0.364. The summed E-state index contributed by atoms with van der Waals surface area (Å²) >= 11 is 22.7. The lowest BCUT2D eigenvalue weighted by molar-refractivity contribution is -0.115. The van der Waals surface area contributed by atoms with Crippen molar-refractivity contribution >= 4 is 119 Å². The number of Topliss-reactive ketones (excluding diaryl/α,β-unsaturated/α-hetero) is 1. The topological polar surface area (TPSA) is 63.2 Å². The maximum atomic E-state index is 12.1. The molecule has 0 amide bonds. The lowest BCUT2D eigenvalue weighted by atomic mass is 9.83. The van der Waals surface area contributed by atoms with Crippen molar-refractivity contribution in [2.24, 2.45) is 0 Å². The summed E-state index contributed by atoms with van der Waals surface area (Å²) < 4.78 is 0.144. The standard InChI is InChI=1S/C11H7Cl3I3NO3/c1-18-11(10(14)21)7(16)4(3(19)2-12)6(15)5(8(11)17)9(13)20/h8,18H,2H2,1H3. The second-order valence-electron chi connectivity index (χ2n) is 3.94. The number of hydrogen-bond donors (Lipinski definition) is 1. The van der Waals surface area contributed by atoms with Crippen molar-refractivity contribution in [1.29, 1.82) is 0 Å². The van der Waals surface area contributed by atoms with Crippen LogP contribution < -0.4 is 5.32 Å². The highest BCUT2D eigenvalue weighted by Gasteiger charge is 2.53. The minimum absolute atomic E-state index is 0.162. The largest absolute Gasteiger partial charge is 0.302 e. The molecular weight excluding hydrogens is 681 g/mol. The third kappa shape index (κ3) is 3.48. The highest BCUT2D eigenvalue weighted by molar-refractivity contribution is 14.1. The Morgan fingerprint density at radius 2 is 1.81 bits per heavy atom. The molecule has 0 fully saturated rings. The van der Waals surface area contributed by atoms with Gasteiger partial charge < -0.3 is 5.32 Å². The lowest BCUT2D eigenvalue weighted by Crippen LogP contribution is -2.58. The maximum Gasteiger partial charge on any atom is 0.250 e. The molecule has 21 heavy (non-hydrogen) atoms. The Bertz CT molecular complexity index is 591. The van der Waals surface area contributed by atoms with Gasteiger partial charge in [0.05, 0.1) is 9.80 Å². The highest BCUT2D eigenvalue weighted by Crippen LogP contribution is 2.48. The van der Waals surface area contributed by atoms with Crippen LogP contribution in [-0.2, 0) is 14.4 Å². The van der Waals surface area contributed by atoms with E-state index < -0.39 is 25.7 Å². The van der Waals surface area contributed by atoms with Gasteiger partial charge in [-0.3, -0.25) is 14.4 Å². The summed E-state index contributed by atoms with van der Waals surface area (Å²) in [4.78, 5) is 35.9. The molecule has 0 saturated heterocycles. The molecular formula is C11H7Cl3I3NO3. The van der Waals surface area contributed by atoms with Gasteiger partial charge in [0.25, 0.3) is 5.24 Å². The van der Waals surface area contributed by atoms with E-state index in [9.17, 15) is 14.4 Å². The van der Waals surface area contributed by atoms with E-state index in [-0.39, 0.29) is 17.0 Å². The molecule has 0 aliphatic heterocycles. The molecule has 0 radical (unpaired) electrons. The molecule has 0 spiro atoms. The SMILES string of the molecule is CNC1(C(=O)Cl)C(I)=C(C(=O)CCl)C(I)=C(C(=O)Cl)C1I. The van der Waals surface area contributed by atoms with Crippen molar-refractivity contribution < 1.29 is 14.4 Å². The summed E-state index contributed by atoms with van der Waals surface area (Å²) in [5.74, 6) is -0.679. The molecule has 0 aromatic rings. The Kier molecular flexibility index (Phi) is 7.89. The first-order valence-electron chi connectivity index (χ1n) is 5.28. The number of allylic oxidation sites excluding steroid dienone is 2. The zero-order valence-electron chi connectivity index (χ0n) is 10.3. The number of rotatable bonds is 5. The maximum absolute atomic E-state index is 12.1. The monoisotopic (exact) mass is 687 g/mol. The van der Waals surface area contributed by atoms with Gasteiger partial charge in [-0.15, -0.1) is 11.6 Å². The van der Waals surface area contributed by atoms with E-state index in [1.54, 1.807) is 0 Å². The van der Waals surface area contributed by atoms with Gasteiger partial charge in [-0.1, -0.05) is 22.6 Å². The lowest BCUT2D eigenvalue weighted by Gasteiger charge is -2.39. The number of nitrogens with one attached hydrogen (secondary N) is 1. The third-order valence-corrected chi connectivity index (χ3v) is 7.78. The van der Waals surface area contributed by atoms with Gasteiger partial charge in [-0.25, -0.2) is 0 Å². The summed E-state index contributed by atoms with van der Waals surface area (Å²) in [5, 5.41) is 1.37.